The summed E-state index contributed by atoms with van der Waals surface area (Å²) in [6, 6.07) is 0.269. The zero-order valence-electron chi connectivity index (χ0n) is 4.65. The summed E-state index contributed by atoms with van der Waals surface area (Å²) in [6.07, 6.45) is 0. The van der Waals surface area contributed by atoms with E-state index in [2.05, 4.69) is 0 Å². The molecular weight excluding hydrogens is 74.1 g/mol. The van der Waals surface area contributed by atoms with Gasteiger partial charge >= 0.3 is 0 Å². The van der Waals surface area contributed by atoms with Crippen molar-refractivity contribution >= 4 is 0 Å². The van der Waals surface area contributed by atoms with Crippen LogP contribution < -0.4 is 5.73 Å². The van der Waals surface area contributed by atoms with Crippen molar-refractivity contribution in [3.8, 4) is 0 Å². The first-order chi connectivity index (χ1) is 2.64. The highest BCUT2D eigenvalue weighted by molar-refractivity contribution is 4.86. The molecule has 0 saturated carbocycles. The first kappa shape index (κ1) is 5.96. The number of nitrogens with two attached hydrogens (primary N) is 1. The van der Waals surface area contributed by atoms with Crippen LogP contribution in [0.15, 0.2) is 0 Å². The lowest BCUT2D eigenvalue weighted by Crippen LogP contribution is -2.19. The Hall–Kier alpha value is -0.0400. The normalized spacial score (nSPS) is 15.5. The van der Waals surface area contributed by atoms with Gasteiger partial charge in [0.1, 0.15) is 0 Å². The van der Waals surface area contributed by atoms with Gasteiger partial charge in [0, 0.05) is 6.04 Å². The fourth-order valence-corrected chi connectivity index (χ4v) is 0. The van der Waals surface area contributed by atoms with E-state index in [1.165, 1.54) is 5.92 Å². The van der Waals surface area contributed by atoms with Gasteiger partial charge in [-0.25, -0.2) is 0 Å². The van der Waals surface area contributed by atoms with E-state index in [1.807, 2.05) is 20.8 Å². The van der Waals surface area contributed by atoms with Crippen LogP contribution in [-0.4, -0.2) is 6.04 Å². The summed E-state index contributed by atoms with van der Waals surface area (Å²) in [5.41, 5.74) is 5.40. The van der Waals surface area contributed by atoms with Gasteiger partial charge in [-0.05, 0) is 12.8 Å². The second-order valence-corrected chi connectivity index (χ2v) is 1.87. The highest BCUT2D eigenvalue weighted by Gasteiger charge is 1.96. The number of hydrogen-bond donors (Lipinski definition) is 1. The van der Waals surface area contributed by atoms with Crippen LogP contribution in [0.5, 0.6) is 0 Å². The topological polar surface area (TPSA) is 26.0 Å². The molecule has 1 unspecified atom stereocenters. The zero-order valence-corrected chi connectivity index (χ0v) is 4.65. The maximum Gasteiger partial charge on any atom is 0.00674 e. The summed E-state index contributed by atoms with van der Waals surface area (Å²) in [5, 5.41) is 0. The molecule has 0 rings (SSSR count). The lowest BCUT2D eigenvalue weighted by atomic mass is 10.1. The molecule has 37 valence electrons. The van der Waals surface area contributed by atoms with Crippen LogP contribution in [0, 0.1) is 5.92 Å². The molecule has 0 aliphatic heterocycles. The van der Waals surface area contributed by atoms with Crippen molar-refractivity contribution < 1.29 is 0 Å². The first-order valence-corrected chi connectivity index (χ1v) is 2.20. The lowest BCUT2D eigenvalue weighted by molar-refractivity contribution is 0.755. The smallest absolute Gasteiger partial charge is 0.00674 e. The highest BCUT2D eigenvalue weighted by Crippen LogP contribution is 1.96. The lowest BCUT2D eigenvalue weighted by Gasteiger charge is -2.05. The van der Waals surface area contributed by atoms with Crippen molar-refractivity contribution in [2.45, 2.75) is 26.8 Å². The molecule has 1 nitrogen and oxygen atoms in total. The molecule has 0 aromatic carbocycles. The van der Waals surface area contributed by atoms with E-state index in [0.717, 1.165) is 0 Å². The molecule has 0 fully saturated rings. The third-order valence-corrected chi connectivity index (χ3v) is 0.911. The van der Waals surface area contributed by atoms with Crippen molar-refractivity contribution in [2.75, 3.05) is 0 Å². The minimum absolute atomic E-state index is 0.269. The fourth-order valence-electron chi connectivity index (χ4n) is 0. The summed E-state index contributed by atoms with van der Waals surface area (Å²) in [4.78, 5) is 0. The Morgan fingerprint density at radius 1 is 1.50 bits per heavy atom. The minimum atomic E-state index is 0.269. The third-order valence-electron chi connectivity index (χ3n) is 0.911. The van der Waals surface area contributed by atoms with Crippen molar-refractivity contribution in [1.29, 1.82) is 0 Å². The van der Waals surface area contributed by atoms with Gasteiger partial charge in [-0.15, -0.1) is 0 Å². The van der Waals surface area contributed by atoms with Crippen molar-refractivity contribution in [1.82, 2.24) is 0 Å². The predicted molar refractivity (Wildman–Crippen MR) is 28.2 cm³/mol. The van der Waals surface area contributed by atoms with Gasteiger partial charge in [0.2, 0.25) is 0 Å². The van der Waals surface area contributed by atoms with E-state index in [4.69, 9.17) is 5.73 Å². The molecule has 0 aromatic rings. The molecule has 0 bridgehead atoms. The second kappa shape index (κ2) is 2.19. The van der Waals surface area contributed by atoms with Gasteiger partial charge in [0.15, 0.2) is 0 Å². The minimum Gasteiger partial charge on any atom is -0.327 e. The second-order valence-electron chi connectivity index (χ2n) is 1.87. The molecule has 1 radical (unpaired) electrons. The Morgan fingerprint density at radius 2 is 1.67 bits per heavy atom. The van der Waals surface area contributed by atoms with E-state index in [0.29, 0.717) is 0 Å². The van der Waals surface area contributed by atoms with Gasteiger partial charge in [0.05, 0.1) is 0 Å². The van der Waals surface area contributed by atoms with E-state index in [-0.39, 0.29) is 6.04 Å². The Morgan fingerprint density at radius 3 is 1.67 bits per heavy atom. The summed E-state index contributed by atoms with van der Waals surface area (Å²) in [7, 11) is 0. The molecule has 2 N–H and O–H groups in total. The maximum absolute atomic E-state index is 5.40. The van der Waals surface area contributed by atoms with E-state index in [1.54, 1.807) is 0 Å². The highest BCUT2D eigenvalue weighted by atomic mass is 14.6. The quantitative estimate of drug-likeness (QED) is 0.505. The van der Waals surface area contributed by atoms with Gasteiger partial charge in [0.25, 0.3) is 0 Å². The molecule has 6 heavy (non-hydrogen) atoms. The van der Waals surface area contributed by atoms with Gasteiger partial charge in [-0.2, -0.15) is 0 Å². The third kappa shape index (κ3) is 2.21. The summed E-state index contributed by atoms with van der Waals surface area (Å²) in [6.45, 7) is 6.05. The van der Waals surface area contributed by atoms with Crippen molar-refractivity contribution in [2.24, 2.45) is 5.73 Å². The molecule has 0 aliphatic rings. The van der Waals surface area contributed by atoms with Crippen LogP contribution >= 0.6 is 0 Å². The maximum atomic E-state index is 5.40. The Bertz CT molecular complexity index is 24.9. The molecule has 0 aromatic heterocycles. The molecule has 1 heteroatoms. The van der Waals surface area contributed by atoms with E-state index in [9.17, 15) is 0 Å². The zero-order chi connectivity index (χ0) is 5.15. The molecule has 0 heterocycles. The van der Waals surface area contributed by atoms with Crippen LogP contribution in [-0.2, 0) is 0 Å². The average molecular weight is 86.2 g/mol. The summed E-state index contributed by atoms with van der Waals surface area (Å²) >= 11 is 0. The number of hydrogen-bond acceptors (Lipinski definition) is 1. The molecule has 0 spiro atoms. The van der Waals surface area contributed by atoms with Crippen LogP contribution in [0.1, 0.15) is 20.8 Å². The van der Waals surface area contributed by atoms with E-state index >= 15 is 0 Å². The van der Waals surface area contributed by atoms with Crippen LogP contribution in [0.25, 0.3) is 0 Å². The average Bonchev–Trinajstić information content (AvgIpc) is 1.36. The van der Waals surface area contributed by atoms with Gasteiger partial charge in [-0.3, -0.25) is 0 Å². The van der Waals surface area contributed by atoms with E-state index < -0.39 is 0 Å². The standard InChI is InChI=1S/C5H12N/c1-4(2)5(3)6/h5H,6H2,1-3H3. The van der Waals surface area contributed by atoms with Crippen molar-refractivity contribution in [3.05, 3.63) is 5.92 Å². The molecule has 0 aliphatic carbocycles. The molecule has 0 saturated heterocycles. The monoisotopic (exact) mass is 86.1 g/mol. The fraction of sp³-hybridized carbons (Fsp3) is 0.800. The largest absolute Gasteiger partial charge is 0.327 e. The number of rotatable bonds is 1. The van der Waals surface area contributed by atoms with Crippen molar-refractivity contribution in [3.63, 3.8) is 0 Å². The Labute approximate surface area is 39.5 Å². The first-order valence-electron chi connectivity index (χ1n) is 2.20. The van der Waals surface area contributed by atoms with Crippen LogP contribution in [0.4, 0.5) is 0 Å². The van der Waals surface area contributed by atoms with Gasteiger partial charge < -0.3 is 5.73 Å². The SMILES string of the molecule is C[C](C)C(C)N. The summed E-state index contributed by atoms with van der Waals surface area (Å²) in [5.74, 6) is 1.29. The van der Waals surface area contributed by atoms with Crippen LogP contribution in [0.3, 0.4) is 0 Å². The Kier molecular flexibility index (Phi) is 2.18. The Balaban J connectivity index is 2.99. The predicted octanol–water partition coefficient (Wildman–Crippen LogP) is 0.948. The molecule has 0 amide bonds. The van der Waals surface area contributed by atoms with Gasteiger partial charge in [-0.1, -0.05) is 13.8 Å². The summed E-state index contributed by atoms with van der Waals surface area (Å²) < 4.78 is 0. The molecular formula is C5H12N. The molecule has 1 atom stereocenters. The van der Waals surface area contributed by atoms with Crippen LogP contribution in [0.2, 0.25) is 0 Å².